The van der Waals surface area contributed by atoms with Crippen molar-refractivity contribution >= 4 is 27.8 Å². The maximum absolute atomic E-state index is 12.4. The van der Waals surface area contributed by atoms with E-state index in [1.807, 2.05) is 6.07 Å². The average molecular weight is 389 g/mol. The van der Waals surface area contributed by atoms with Crippen LogP contribution in [0.15, 0.2) is 41.3 Å². The van der Waals surface area contributed by atoms with Crippen LogP contribution in [-0.4, -0.2) is 42.4 Å². The van der Waals surface area contributed by atoms with Crippen molar-refractivity contribution in [2.75, 3.05) is 27.4 Å². The molecule has 2 aromatic heterocycles. The van der Waals surface area contributed by atoms with Gasteiger partial charge in [-0.3, -0.25) is 4.79 Å². The third kappa shape index (κ3) is 4.26. The van der Waals surface area contributed by atoms with Gasteiger partial charge in [-0.2, -0.15) is 3.96 Å². The van der Waals surface area contributed by atoms with Crippen molar-refractivity contribution in [1.29, 1.82) is 0 Å². The summed E-state index contributed by atoms with van der Waals surface area (Å²) in [5.41, 5.74) is 0.437. The summed E-state index contributed by atoms with van der Waals surface area (Å²) in [4.78, 5) is 29.3. The molecule has 0 saturated carbocycles. The fourth-order valence-electron chi connectivity index (χ4n) is 2.42. The van der Waals surface area contributed by atoms with Crippen LogP contribution in [-0.2, 0) is 11.3 Å². The molecular formula is C18H19N3O5S. The van der Waals surface area contributed by atoms with E-state index in [9.17, 15) is 9.59 Å². The Labute approximate surface area is 159 Å². The Bertz CT molecular complexity index is 998. The van der Waals surface area contributed by atoms with Gasteiger partial charge in [-0.1, -0.05) is 6.07 Å². The number of hydrogen-bond donors (Lipinski definition) is 1. The molecular weight excluding hydrogens is 370 g/mol. The predicted octanol–water partition coefficient (Wildman–Crippen LogP) is 2.25. The number of aromatic nitrogens is 2. The highest BCUT2D eigenvalue weighted by Crippen LogP contribution is 2.28. The molecule has 0 radical (unpaired) electrons. The molecule has 9 heteroatoms. The SMILES string of the molecule is COCCOc1ccc(CNC(=O)n2sc3ncccc3c2=O)cc1OC. The molecule has 1 N–H and O–H groups in total. The molecule has 0 atom stereocenters. The number of fused-ring (bicyclic) bond motifs is 1. The van der Waals surface area contributed by atoms with Crippen molar-refractivity contribution in [3.63, 3.8) is 0 Å². The number of hydrogen-bond acceptors (Lipinski definition) is 7. The van der Waals surface area contributed by atoms with Gasteiger partial charge in [-0.25, -0.2) is 9.78 Å². The lowest BCUT2D eigenvalue weighted by Crippen LogP contribution is -2.32. The zero-order valence-electron chi connectivity index (χ0n) is 14.9. The fourth-order valence-corrected chi connectivity index (χ4v) is 3.29. The van der Waals surface area contributed by atoms with E-state index < -0.39 is 6.03 Å². The van der Waals surface area contributed by atoms with Gasteiger partial charge in [-0.15, -0.1) is 0 Å². The molecule has 2 heterocycles. The normalized spacial score (nSPS) is 10.7. The molecule has 142 valence electrons. The number of pyridine rings is 1. The fraction of sp³-hybridized carbons (Fsp3) is 0.278. The largest absolute Gasteiger partial charge is 0.493 e. The number of amides is 1. The van der Waals surface area contributed by atoms with Crippen LogP contribution in [0.2, 0.25) is 0 Å². The molecule has 1 amide bonds. The molecule has 0 fully saturated rings. The first kappa shape index (κ1) is 18.9. The summed E-state index contributed by atoms with van der Waals surface area (Å²) in [6, 6.07) is 8.19. The molecule has 0 saturated heterocycles. The molecule has 0 aliphatic carbocycles. The van der Waals surface area contributed by atoms with Gasteiger partial charge >= 0.3 is 6.03 Å². The topological polar surface area (TPSA) is 91.7 Å². The molecule has 0 spiro atoms. The summed E-state index contributed by atoms with van der Waals surface area (Å²) in [7, 11) is 3.15. The summed E-state index contributed by atoms with van der Waals surface area (Å²) in [5.74, 6) is 1.15. The molecule has 0 aliphatic rings. The van der Waals surface area contributed by atoms with Crippen LogP contribution in [0.3, 0.4) is 0 Å². The first-order valence-electron chi connectivity index (χ1n) is 8.18. The minimum atomic E-state index is -0.498. The quantitative estimate of drug-likeness (QED) is 0.623. The van der Waals surface area contributed by atoms with E-state index in [1.54, 1.807) is 44.7 Å². The number of nitrogens with one attached hydrogen (secondary N) is 1. The van der Waals surface area contributed by atoms with Gasteiger partial charge in [0.2, 0.25) is 0 Å². The Morgan fingerprint density at radius 1 is 1.22 bits per heavy atom. The highest BCUT2D eigenvalue weighted by atomic mass is 32.1. The number of benzene rings is 1. The highest BCUT2D eigenvalue weighted by molar-refractivity contribution is 7.14. The number of methoxy groups -OCH3 is 2. The van der Waals surface area contributed by atoms with Crippen molar-refractivity contribution in [3.05, 3.63) is 52.4 Å². The van der Waals surface area contributed by atoms with Crippen LogP contribution in [0.4, 0.5) is 4.79 Å². The van der Waals surface area contributed by atoms with E-state index in [0.717, 1.165) is 21.1 Å². The summed E-state index contributed by atoms with van der Waals surface area (Å²) in [6.07, 6.45) is 1.59. The van der Waals surface area contributed by atoms with Gasteiger partial charge in [0.25, 0.3) is 5.56 Å². The average Bonchev–Trinajstić information content (AvgIpc) is 3.04. The summed E-state index contributed by atoms with van der Waals surface area (Å²) in [5, 5.41) is 3.16. The molecule has 0 bridgehead atoms. The molecule has 0 aliphatic heterocycles. The number of carbonyl (C=O) groups excluding carboxylic acids is 1. The molecule has 3 rings (SSSR count). The predicted molar refractivity (Wildman–Crippen MR) is 102 cm³/mol. The van der Waals surface area contributed by atoms with Crippen molar-refractivity contribution in [2.45, 2.75) is 6.54 Å². The summed E-state index contributed by atoms with van der Waals surface area (Å²) in [6.45, 7) is 1.12. The van der Waals surface area contributed by atoms with E-state index in [-0.39, 0.29) is 12.1 Å². The lowest BCUT2D eigenvalue weighted by Gasteiger charge is -2.12. The van der Waals surface area contributed by atoms with E-state index in [2.05, 4.69) is 10.3 Å². The minimum absolute atomic E-state index is 0.238. The summed E-state index contributed by atoms with van der Waals surface area (Å²) < 4.78 is 16.9. The van der Waals surface area contributed by atoms with Crippen molar-refractivity contribution in [1.82, 2.24) is 14.3 Å². The van der Waals surface area contributed by atoms with E-state index >= 15 is 0 Å². The second-order valence-corrected chi connectivity index (χ2v) is 6.47. The van der Waals surface area contributed by atoms with Crippen molar-refractivity contribution in [2.24, 2.45) is 0 Å². The van der Waals surface area contributed by atoms with E-state index in [0.29, 0.717) is 34.9 Å². The third-order valence-corrected chi connectivity index (χ3v) is 4.78. The maximum Gasteiger partial charge on any atom is 0.338 e. The first-order chi connectivity index (χ1) is 13.1. The number of ether oxygens (including phenoxy) is 3. The van der Waals surface area contributed by atoms with E-state index in [4.69, 9.17) is 14.2 Å². The Morgan fingerprint density at radius 2 is 2.07 bits per heavy atom. The molecule has 3 aromatic rings. The molecule has 1 aromatic carbocycles. The second kappa shape index (κ2) is 8.65. The summed E-state index contributed by atoms with van der Waals surface area (Å²) >= 11 is 1.01. The Hall–Kier alpha value is -2.91. The van der Waals surface area contributed by atoms with Gasteiger partial charge in [-0.05, 0) is 41.4 Å². The monoisotopic (exact) mass is 389 g/mol. The van der Waals surface area contributed by atoms with Crippen LogP contribution in [0.25, 0.3) is 10.2 Å². The van der Waals surface area contributed by atoms with Crippen molar-refractivity contribution < 1.29 is 19.0 Å². The lowest BCUT2D eigenvalue weighted by molar-refractivity contribution is 0.144. The first-order valence-corrected chi connectivity index (χ1v) is 8.95. The number of rotatable bonds is 7. The third-order valence-electron chi connectivity index (χ3n) is 3.77. The lowest BCUT2D eigenvalue weighted by atomic mass is 10.2. The zero-order valence-corrected chi connectivity index (χ0v) is 15.7. The van der Waals surface area contributed by atoms with Gasteiger partial charge in [0.05, 0.1) is 19.1 Å². The van der Waals surface area contributed by atoms with E-state index in [1.165, 1.54) is 0 Å². The minimum Gasteiger partial charge on any atom is -0.493 e. The molecule has 27 heavy (non-hydrogen) atoms. The smallest absolute Gasteiger partial charge is 0.338 e. The molecule has 8 nitrogen and oxygen atoms in total. The Morgan fingerprint density at radius 3 is 2.81 bits per heavy atom. The van der Waals surface area contributed by atoms with Gasteiger partial charge < -0.3 is 19.5 Å². The van der Waals surface area contributed by atoms with Gasteiger partial charge in [0, 0.05) is 19.9 Å². The zero-order chi connectivity index (χ0) is 19.2. The number of nitrogens with zero attached hydrogens (tertiary/aromatic N) is 2. The van der Waals surface area contributed by atoms with Crippen LogP contribution in [0, 0.1) is 0 Å². The highest BCUT2D eigenvalue weighted by Gasteiger charge is 2.14. The van der Waals surface area contributed by atoms with Crippen LogP contribution >= 0.6 is 11.5 Å². The van der Waals surface area contributed by atoms with Crippen LogP contribution < -0.4 is 20.3 Å². The standard InChI is InChI=1S/C18H19N3O5S/c1-24-8-9-26-14-6-5-12(10-15(14)25-2)11-20-18(23)21-17(22)13-4-3-7-19-16(13)27-21/h3-7,10H,8-9,11H2,1-2H3,(H,20,23). The molecule has 0 unspecified atom stereocenters. The Kier molecular flexibility index (Phi) is 6.05. The maximum atomic E-state index is 12.4. The van der Waals surface area contributed by atoms with Crippen molar-refractivity contribution in [3.8, 4) is 11.5 Å². The van der Waals surface area contributed by atoms with Crippen LogP contribution in [0.5, 0.6) is 11.5 Å². The number of carbonyl (C=O) groups is 1. The van der Waals surface area contributed by atoms with Crippen LogP contribution in [0.1, 0.15) is 5.56 Å². The second-order valence-electron chi connectivity index (χ2n) is 5.53. The van der Waals surface area contributed by atoms with Gasteiger partial charge in [0.1, 0.15) is 11.4 Å². The Balaban J connectivity index is 1.69. The van der Waals surface area contributed by atoms with Gasteiger partial charge in [0.15, 0.2) is 11.5 Å².